The van der Waals surface area contributed by atoms with Gasteiger partial charge < -0.3 is 9.80 Å². The maximum absolute atomic E-state index is 2.44. The Morgan fingerprint density at radius 2 is 0.509 bits per heavy atom. The van der Waals surface area contributed by atoms with Crippen molar-refractivity contribution in [2.45, 2.75) is 124 Å². The predicted octanol–water partition coefficient (Wildman–Crippen LogP) is 16.1. The molecule has 294 valence electrons. The summed E-state index contributed by atoms with van der Waals surface area (Å²) in [6.45, 7) is 32.1. The van der Waals surface area contributed by atoms with Crippen LogP contribution in [0, 0.1) is 0 Å². The summed E-state index contributed by atoms with van der Waals surface area (Å²) in [4.78, 5) is 4.85. The Morgan fingerprint density at radius 3 is 0.719 bits per heavy atom. The van der Waals surface area contributed by atoms with Crippen LogP contribution in [-0.2, 0) is 27.1 Å². The summed E-state index contributed by atoms with van der Waals surface area (Å²) < 4.78 is 0. The highest BCUT2D eigenvalue weighted by Gasteiger charge is 2.37. The number of hydrogen-bond donors (Lipinski definition) is 0. The van der Waals surface area contributed by atoms with Gasteiger partial charge in [-0.15, -0.1) is 0 Å². The summed E-state index contributed by atoms with van der Waals surface area (Å²) in [6.07, 6.45) is 0. The minimum atomic E-state index is -0.216. The van der Waals surface area contributed by atoms with Gasteiger partial charge in [0.2, 0.25) is 0 Å². The predicted molar refractivity (Wildman–Crippen MR) is 248 cm³/mol. The molecule has 2 heteroatoms. The SMILES string of the molecule is CC(C)(C)c1ccc(N(c2ccc(C(C)(C)C)cc2)c2ccc3c(c2)C(C)(C)c2cc(N(c4ccc(C(C)(C)C)cc4)c4ccc(C(C)(C)C)cc4)ccc2-3)cc1. The molecule has 6 aromatic carbocycles. The zero-order valence-corrected chi connectivity index (χ0v) is 37.1. The summed E-state index contributed by atoms with van der Waals surface area (Å²) in [5, 5.41) is 0. The fraction of sp³-hybridized carbons (Fsp3) is 0.345. The lowest BCUT2D eigenvalue weighted by molar-refractivity contribution is 0.590. The molecule has 57 heavy (non-hydrogen) atoms. The van der Waals surface area contributed by atoms with Gasteiger partial charge in [-0.05, 0) is 139 Å². The highest BCUT2D eigenvalue weighted by molar-refractivity contribution is 5.88. The van der Waals surface area contributed by atoms with Crippen LogP contribution >= 0.6 is 0 Å². The van der Waals surface area contributed by atoms with Crippen molar-refractivity contribution in [2.24, 2.45) is 0 Å². The second-order valence-corrected chi connectivity index (χ2v) is 20.9. The van der Waals surface area contributed by atoms with E-state index in [0.717, 1.165) is 22.7 Å². The van der Waals surface area contributed by atoms with Gasteiger partial charge in [0.05, 0.1) is 0 Å². The van der Waals surface area contributed by atoms with Crippen LogP contribution in [0.25, 0.3) is 11.1 Å². The molecule has 0 radical (unpaired) electrons. The standard InChI is InChI=1S/C55H64N2/c1-51(2,3)37-15-23-41(24-16-37)56(42-25-17-38(18-26-42)52(4,5)6)45-31-33-47-48-34-32-46(36-50(48)55(13,14)49(47)35-45)57(43-27-19-39(20-28-43)53(7,8)9)44-29-21-40(22-30-44)54(10,11)12/h15-36H,1-14H3. The molecule has 0 amide bonds. The van der Waals surface area contributed by atoms with Crippen LogP contribution in [0.15, 0.2) is 133 Å². The Balaban J connectivity index is 1.32. The van der Waals surface area contributed by atoms with E-state index in [4.69, 9.17) is 0 Å². The van der Waals surface area contributed by atoms with Crippen molar-refractivity contribution >= 4 is 34.1 Å². The molecule has 0 bridgehead atoms. The Morgan fingerprint density at radius 1 is 0.298 bits per heavy atom. The number of rotatable bonds is 6. The van der Waals surface area contributed by atoms with Crippen molar-refractivity contribution in [1.29, 1.82) is 0 Å². The molecule has 0 saturated heterocycles. The lowest BCUT2D eigenvalue weighted by atomic mass is 9.82. The Labute approximate surface area is 344 Å². The highest BCUT2D eigenvalue weighted by Crippen LogP contribution is 2.52. The Bertz CT molecular complexity index is 2080. The normalized spacial score (nSPS) is 13.9. The van der Waals surface area contributed by atoms with Crippen LogP contribution in [0.3, 0.4) is 0 Å². The number of hydrogen-bond acceptors (Lipinski definition) is 2. The van der Waals surface area contributed by atoms with E-state index in [1.807, 2.05) is 0 Å². The first kappa shape index (κ1) is 40.1. The van der Waals surface area contributed by atoms with Gasteiger partial charge in [0.25, 0.3) is 0 Å². The molecule has 0 aromatic heterocycles. The van der Waals surface area contributed by atoms with E-state index < -0.39 is 0 Å². The van der Waals surface area contributed by atoms with Crippen molar-refractivity contribution in [3.63, 3.8) is 0 Å². The maximum Gasteiger partial charge on any atom is 0.0465 e. The molecule has 0 unspecified atom stereocenters. The third kappa shape index (κ3) is 7.81. The Kier molecular flexibility index (Phi) is 9.92. The van der Waals surface area contributed by atoms with Crippen molar-refractivity contribution in [1.82, 2.24) is 0 Å². The zero-order chi connectivity index (χ0) is 41.3. The second-order valence-electron chi connectivity index (χ2n) is 20.9. The van der Waals surface area contributed by atoms with Crippen LogP contribution in [-0.4, -0.2) is 0 Å². The van der Waals surface area contributed by atoms with Crippen molar-refractivity contribution in [3.8, 4) is 11.1 Å². The molecule has 1 aliphatic rings. The summed E-state index contributed by atoms with van der Waals surface area (Å²) in [5.41, 5.74) is 17.8. The summed E-state index contributed by atoms with van der Waals surface area (Å²) in [7, 11) is 0. The molecule has 0 N–H and O–H groups in total. The smallest absolute Gasteiger partial charge is 0.0465 e. The molecule has 0 spiro atoms. The molecule has 0 fully saturated rings. The fourth-order valence-corrected chi connectivity index (χ4v) is 8.33. The van der Waals surface area contributed by atoms with E-state index in [-0.39, 0.29) is 27.1 Å². The monoisotopic (exact) mass is 753 g/mol. The zero-order valence-electron chi connectivity index (χ0n) is 37.1. The first-order valence-corrected chi connectivity index (χ1v) is 20.9. The first-order chi connectivity index (χ1) is 26.5. The molecule has 0 heterocycles. The lowest BCUT2D eigenvalue weighted by Gasteiger charge is -2.30. The van der Waals surface area contributed by atoms with Gasteiger partial charge in [-0.2, -0.15) is 0 Å². The number of fused-ring (bicyclic) bond motifs is 3. The molecule has 6 aromatic rings. The number of benzene rings is 6. The van der Waals surface area contributed by atoms with E-state index >= 15 is 0 Å². The van der Waals surface area contributed by atoms with E-state index in [1.165, 1.54) is 55.9 Å². The molecule has 2 nitrogen and oxygen atoms in total. The number of anilines is 6. The topological polar surface area (TPSA) is 6.48 Å². The van der Waals surface area contributed by atoms with Gasteiger partial charge in [-0.25, -0.2) is 0 Å². The molecule has 7 rings (SSSR count). The van der Waals surface area contributed by atoms with Crippen LogP contribution in [0.2, 0.25) is 0 Å². The van der Waals surface area contributed by atoms with Crippen LogP contribution in [0.1, 0.15) is 130 Å². The van der Waals surface area contributed by atoms with Crippen molar-refractivity contribution in [2.75, 3.05) is 9.80 Å². The average Bonchev–Trinajstić information content (AvgIpc) is 3.36. The highest BCUT2D eigenvalue weighted by atomic mass is 15.1. The van der Waals surface area contributed by atoms with Gasteiger partial charge in [-0.3, -0.25) is 0 Å². The Hall–Kier alpha value is -5.08. The fourth-order valence-electron chi connectivity index (χ4n) is 8.33. The minimum Gasteiger partial charge on any atom is -0.310 e. The van der Waals surface area contributed by atoms with Gasteiger partial charge in [0.1, 0.15) is 0 Å². The number of nitrogens with zero attached hydrogens (tertiary/aromatic N) is 2. The van der Waals surface area contributed by atoms with Gasteiger partial charge >= 0.3 is 0 Å². The largest absolute Gasteiger partial charge is 0.310 e. The summed E-state index contributed by atoms with van der Waals surface area (Å²) >= 11 is 0. The minimum absolute atomic E-state index is 0.0846. The van der Waals surface area contributed by atoms with Crippen LogP contribution in [0.4, 0.5) is 34.1 Å². The van der Waals surface area contributed by atoms with Crippen molar-refractivity contribution in [3.05, 3.63) is 167 Å². The van der Waals surface area contributed by atoms with E-state index in [1.54, 1.807) is 0 Å². The van der Waals surface area contributed by atoms with Gasteiger partial charge in [0.15, 0.2) is 0 Å². The molecule has 0 atom stereocenters. The van der Waals surface area contributed by atoms with E-state index in [9.17, 15) is 0 Å². The summed E-state index contributed by atoms with van der Waals surface area (Å²) in [5.74, 6) is 0. The third-order valence-electron chi connectivity index (χ3n) is 12.1. The third-order valence-corrected chi connectivity index (χ3v) is 12.1. The molecule has 0 aliphatic heterocycles. The molecule has 1 aliphatic carbocycles. The average molecular weight is 753 g/mol. The van der Waals surface area contributed by atoms with E-state index in [0.29, 0.717) is 0 Å². The maximum atomic E-state index is 2.44. The lowest BCUT2D eigenvalue weighted by Crippen LogP contribution is -2.18. The first-order valence-electron chi connectivity index (χ1n) is 20.9. The second kappa shape index (κ2) is 14.1. The quantitative estimate of drug-likeness (QED) is 0.167. The summed E-state index contributed by atoms with van der Waals surface area (Å²) in [6, 6.07) is 50.8. The molecular weight excluding hydrogens is 689 g/mol. The molecular formula is C55H64N2. The van der Waals surface area contributed by atoms with Crippen LogP contribution in [0.5, 0.6) is 0 Å². The van der Waals surface area contributed by atoms with Gasteiger partial charge in [0, 0.05) is 39.5 Å². The van der Waals surface area contributed by atoms with E-state index in [2.05, 4.69) is 240 Å². The molecule has 0 saturated carbocycles. The van der Waals surface area contributed by atoms with Crippen molar-refractivity contribution < 1.29 is 0 Å². The van der Waals surface area contributed by atoms with Crippen LogP contribution < -0.4 is 9.80 Å². The van der Waals surface area contributed by atoms with Gasteiger partial charge in [-0.1, -0.05) is 158 Å².